The van der Waals surface area contributed by atoms with Gasteiger partial charge in [0.25, 0.3) is 0 Å². The number of benzene rings is 3. The summed E-state index contributed by atoms with van der Waals surface area (Å²) in [5, 5.41) is 2.21. The number of halogens is 1. The molecule has 0 radical (unpaired) electrons. The zero-order chi connectivity index (χ0) is 20.1. The van der Waals surface area contributed by atoms with Crippen LogP contribution in [0.15, 0.2) is 97.2 Å². The Kier molecular flexibility index (Phi) is 6.35. The van der Waals surface area contributed by atoms with Crippen LogP contribution in [0.4, 0.5) is 0 Å². The van der Waals surface area contributed by atoms with Crippen molar-refractivity contribution in [3.8, 4) is 22.4 Å². The minimum atomic E-state index is 0.917. The predicted octanol–water partition coefficient (Wildman–Crippen LogP) is 7.84. The van der Waals surface area contributed by atoms with Crippen molar-refractivity contribution in [2.45, 2.75) is 0 Å². The largest absolute Gasteiger partial charge is 0.256 e. The van der Waals surface area contributed by atoms with Crippen LogP contribution in [0, 0.1) is 0 Å². The molecule has 3 aromatic carbocycles. The second kappa shape index (κ2) is 9.31. The van der Waals surface area contributed by atoms with E-state index < -0.39 is 0 Å². The fourth-order valence-corrected chi connectivity index (χ4v) is 3.44. The van der Waals surface area contributed by atoms with Crippen LogP contribution >= 0.6 is 32.4 Å². The Morgan fingerprint density at radius 1 is 0.759 bits per heavy atom. The molecule has 0 amide bonds. The van der Waals surface area contributed by atoms with Crippen LogP contribution < -0.4 is 0 Å². The first-order valence-corrected chi connectivity index (χ1v) is 11.7. The standard InChI is InChI=1S/C24H16N2.ClHS2/c1-3-8-17(9-4-1)21-16-19-13-14-22-20(12-7-15-25-22)24(19)26-23(21)18-10-5-2-6-11-18;1-3-2/h1-16H;2H. The summed E-state index contributed by atoms with van der Waals surface area (Å²) in [5.74, 6) is 0. The first-order valence-electron chi connectivity index (χ1n) is 9.03. The van der Waals surface area contributed by atoms with Crippen molar-refractivity contribution in [2.75, 3.05) is 0 Å². The Labute approximate surface area is 183 Å². The zero-order valence-corrected chi connectivity index (χ0v) is 17.8. The van der Waals surface area contributed by atoms with Crippen LogP contribution in [-0.4, -0.2) is 9.97 Å². The molecule has 2 heterocycles. The van der Waals surface area contributed by atoms with E-state index in [1.165, 1.54) is 5.56 Å². The van der Waals surface area contributed by atoms with Gasteiger partial charge in [0.1, 0.15) is 0 Å². The van der Waals surface area contributed by atoms with Crippen LogP contribution in [0.3, 0.4) is 0 Å². The molecule has 29 heavy (non-hydrogen) atoms. The first kappa shape index (κ1) is 19.8. The quantitative estimate of drug-likeness (QED) is 0.175. The summed E-state index contributed by atoms with van der Waals surface area (Å²) >= 11 is 3.47. The molecule has 0 aliphatic rings. The monoisotopic (exact) mass is 432 g/mol. The van der Waals surface area contributed by atoms with Gasteiger partial charge in [-0.15, -0.1) is 0 Å². The van der Waals surface area contributed by atoms with E-state index in [-0.39, 0.29) is 0 Å². The molecule has 0 fully saturated rings. The molecule has 0 spiro atoms. The average molecular weight is 433 g/mol. The molecule has 0 N–H and O–H groups in total. The van der Waals surface area contributed by atoms with Gasteiger partial charge in [-0.1, -0.05) is 78.4 Å². The second-order valence-corrected chi connectivity index (χ2v) is 8.19. The average Bonchev–Trinajstić information content (AvgIpc) is 2.80. The molecule has 0 saturated heterocycles. The number of aromatic nitrogens is 2. The van der Waals surface area contributed by atoms with E-state index >= 15 is 0 Å². The molecule has 0 aliphatic heterocycles. The molecule has 142 valence electrons. The molecule has 0 aliphatic carbocycles. The lowest BCUT2D eigenvalue weighted by Gasteiger charge is -2.12. The van der Waals surface area contributed by atoms with Crippen molar-refractivity contribution in [3.05, 3.63) is 97.2 Å². The number of hydrogen-bond donors (Lipinski definition) is 1. The van der Waals surface area contributed by atoms with Crippen molar-refractivity contribution in [1.29, 1.82) is 0 Å². The summed E-state index contributed by atoms with van der Waals surface area (Å²) in [5.41, 5.74) is 6.41. The third kappa shape index (κ3) is 4.25. The van der Waals surface area contributed by atoms with Gasteiger partial charge in [-0.2, -0.15) is 0 Å². The van der Waals surface area contributed by atoms with Gasteiger partial charge in [0.15, 0.2) is 0 Å². The number of fused-ring (bicyclic) bond motifs is 3. The summed E-state index contributed by atoms with van der Waals surface area (Å²) in [7, 11) is 5.70. The van der Waals surface area contributed by atoms with Gasteiger partial charge < -0.3 is 0 Å². The smallest absolute Gasteiger partial charge is 0.0804 e. The van der Waals surface area contributed by atoms with E-state index in [9.17, 15) is 0 Å². The fraction of sp³-hybridized carbons (Fsp3) is 0. The van der Waals surface area contributed by atoms with Crippen LogP contribution in [0.1, 0.15) is 0 Å². The maximum Gasteiger partial charge on any atom is 0.0804 e. The Balaban J connectivity index is 0.000000645. The van der Waals surface area contributed by atoms with Crippen LogP contribution in [0.25, 0.3) is 44.2 Å². The molecule has 0 unspecified atom stereocenters. The minimum Gasteiger partial charge on any atom is -0.256 e. The minimum absolute atomic E-state index is 0.917. The van der Waals surface area contributed by atoms with Crippen LogP contribution in [-0.2, 0) is 0 Å². The second-order valence-electron chi connectivity index (χ2n) is 6.39. The molecule has 2 aromatic heterocycles. The third-order valence-corrected chi connectivity index (χ3v) is 4.70. The Morgan fingerprint density at radius 2 is 1.41 bits per heavy atom. The van der Waals surface area contributed by atoms with Gasteiger partial charge in [-0.3, -0.25) is 4.98 Å². The van der Waals surface area contributed by atoms with Crippen molar-refractivity contribution in [1.82, 2.24) is 9.97 Å². The van der Waals surface area contributed by atoms with Crippen molar-refractivity contribution >= 4 is 54.2 Å². The molecule has 5 heteroatoms. The lowest BCUT2D eigenvalue weighted by molar-refractivity contribution is 1.38. The third-order valence-electron chi connectivity index (χ3n) is 4.70. The van der Waals surface area contributed by atoms with Crippen LogP contribution in [0.2, 0.25) is 0 Å². The Bertz CT molecular complexity index is 1250. The predicted molar refractivity (Wildman–Crippen MR) is 130 cm³/mol. The molecule has 0 bridgehead atoms. The highest BCUT2D eigenvalue weighted by Crippen LogP contribution is 2.35. The Morgan fingerprint density at radius 3 is 2.10 bits per heavy atom. The first-order chi connectivity index (χ1) is 14.3. The van der Waals surface area contributed by atoms with E-state index in [1.807, 2.05) is 24.4 Å². The normalized spacial score (nSPS) is 10.6. The van der Waals surface area contributed by atoms with E-state index in [0.717, 1.165) is 48.6 Å². The number of thiol groups is 1. The van der Waals surface area contributed by atoms with Crippen molar-refractivity contribution in [2.24, 2.45) is 0 Å². The Hall–Kier alpha value is -2.53. The lowest BCUT2D eigenvalue weighted by atomic mass is 9.96. The summed E-state index contributed by atoms with van der Waals surface area (Å²) in [4.78, 5) is 9.58. The van der Waals surface area contributed by atoms with E-state index in [4.69, 9.17) is 15.7 Å². The highest BCUT2D eigenvalue weighted by atomic mass is 35.7. The number of rotatable bonds is 2. The number of pyridine rings is 2. The van der Waals surface area contributed by atoms with Gasteiger partial charge in [-0.05, 0) is 40.5 Å². The molecule has 5 rings (SSSR count). The summed E-state index contributed by atoms with van der Waals surface area (Å²) in [6.07, 6.45) is 1.82. The maximum atomic E-state index is 5.11. The van der Waals surface area contributed by atoms with Gasteiger partial charge in [0, 0.05) is 38.1 Å². The maximum absolute atomic E-state index is 5.11. The highest BCUT2D eigenvalue weighted by Gasteiger charge is 2.12. The zero-order valence-electron chi connectivity index (χ0n) is 15.4. The van der Waals surface area contributed by atoms with E-state index in [1.54, 1.807) is 0 Å². The molecular weight excluding hydrogens is 416 g/mol. The van der Waals surface area contributed by atoms with Crippen molar-refractivity contribution < 1.29 is 0 Å². The van der Waals surface area contributed by atoms with Gasteiger partial charge in [-0.25, -0.2) is 4.98 Å². The van der Waals surface area contributed by atoms with E-state index in [0.29, 0.717) is 0 Å². The fourth-order valence-electron chi connectivity index (χ4n) is 3.44. The van der Waals surface area contributed by atoms with E-state index in [2.05, 4.69) is 89.4 Å². The van der Waals surface area contributed by atoms with Gasteiger partial charge >= 0.3 is 0 Å². The SMILES string of the molecule is SSCl.c1ccc(-c2cc3ccc4ncccc4c3nc2-c2ccccc2)cc1. The molecular formula is C24H17ClN2S2. The van der Waals surface area contributed by atoms with Gasteiger partial charge in [0.2, 0.25) is 0 Å². The lowest BCUT2D eigenvalue weighted by Crippen LogP contribution is -1.92. The summed E-state index contributed by atoms with van der Waals surface area (Å²) < 4.78 is 0. The molecule has 5 aromatic rings. The number of nitrogens with zero attached hydrogens (tertiary/aromatic N) is 2. The highest BCUT2D eigenvalue weighted by molar-refractivity contribution is 8.78. The van der Waals surface area contributed by atoms with Gasteiger partial charge in [0.05, 0.1) is 16.7 Å². The summed E-state index contributed by atoms with van der Waals surface area (Å²) in [6.45, 7) is 0. The van der Waals surface area contributed by atoms with Crippen molar-refractivity contribution in [3.63, 3.8) is 0 Å². The topological polar surface area (TPSA) is 25.8 Å². The molecule has 2 nitrogen and oxygen atoms in total. The molecule has 0 saturated carbocycles. The molecule has 0 atom stereocenters. The van der Waals surface area contributed by atoms with Crippen LogP contribution in [0.5, 0.6) is 0 Å². The number of hydrogen-bond acceptors (Lipinski definition) is 4. The summed E-state index contributed by atoms with van der Waals surface area (Å²) in [6, 6.07) is 31.3.